The molecule has 2 fully saturated rings. The number of hydrogen-bond acceptors (Lipinski definition) is 4. The van der Waals surface area contributed by atoms with Gasteiger partial charge in [0.2, 0.25) is 5.91 Å². The third-order valence-electron chi connectivity index (χ3n) is 6.04. The number of benzene rings is 1. The van der Waals surface area contributed by atoms with Gasteiger partial charge in [-0.05, 0) is 57.1 Å². The number of carbonyl (C=O) groups excluding carboxylic acids is 1. The van der Waals surface area contributed by atoms with E-state index in [2.05, 4.69) is 34.4 Å². The highest BCUT2D eigenvalue weighted by Gasteiger charge is 2.24. The van der Waals surface area contributed by atoms with Crippen molar-refractivity contribution in [3.63, 3.8) is 0 Å². The summed E-state index contributed by atoms with van der Waals surface area (Å²) in [6, 6.07) is 6.72. The second-order valence-corrected chi connectivity index (χ2v) is 8.78. The largest absolute Gasteiger partial charge is 0.494 e. The minimum Gasteiger partial charge on any atom is -0.494 e. The Morgan fingerprint density at radius 1 is 1.24 bits per heavy atom. The van der Waals surface area contributed by atoms with Gasteiger partial charge in [0.1, 0.15) is 5.75 Å². The average molecular weight is 400 g/mol. The molecule has 1 atom stereocenters. The number of amides is 1. The van der Waals surface area contributed by atoms with Crippen LogP contribution in [-0.4, -0.2) is 41.0 Å². The van der Waals surface area contributed by atoms with Crippen LogP contribution >= 0.6 is 0 Å². The molecule has 4 rings (SSSR count). The van der Waals surface area contributed by atoms with Gasteiger partial charge in [-0.1, -0.05) is 12.8 Å². The van der Waals surface area contributed by atoms with Crippen LogP contribution < -0.4 is 10.1 Å². The van der Waals surface area contributed by atoms with Crippen LogP contribution in [0.5, 0.6) is 5.75 Å². The molecular weight excluding hydrogens is 366 g/mol. The normalized spacial score (nSPS) is 23.1. The highest BCUT2D eigenvalue weighted by Crippen LogP contribution is 2.33. The Labute approximate surface area is 172 Å². The second kappa shape index (κ2) is 9.16. The van der Waals surface area contributed by atoms with Crippen molar-refractivity contribution in [2.75, 3.05) is 13.2 Å². The molecule has 0 saturated heterocycles. The standard InChI is InChI=1S/C23H33N3O3/c1-16(24-17(2)27)15-29-21-9-6-20(7-10-21)26-14-19-5-8-22(13-23(19)25-26)28-12-11-18-3-4-18/h5,8,13-14,16,18,20-21H,3-4,6-7,9-12,15H2,1-2H3,(H,24,27)/t16-,20-,21-/m0/s1. The summed E-state index contributed by atoms with van der Waals surface area (Å²) in [5.74, 6) is 1.81. The molecule has 1 heterocycles. The molecule has 0 bridgehead atoms. The van der Waals surface area contributed by atoms with Gasteiger partial charge in [-0.25, -0.2) is 0 Å². The summed E-state index contributed by atoms with van der Waals surface area (Å²) in [7, 11) is 0. The summed E-state index contributed by atoms with van der Waals surface area (Å²) >= 11 is 0. The van der Waals surface area contributed by atoms with E-state index in [0.29, 0.717) is 12.6 Å². The first-order valence-electron chi connectivity index (χ1n) is 11.1. The second-order valence-electron chi connectivity index (χ2n) is 8.78. The summed E-state index contributed by atoms with van der Waals surface area (Å²) in [5, 5.41) is 8.87. The third kappa shape index (κ3) is 5.72. The number of ether oxygens (including phenoxy) is 2. The number of carbonyl (C=O) groups is 1. The molecule has 1 aromatic carbocycles. The number of fused-ring (bicyclic) bond motifs is 1. The average Bonchev–Trinajstić information content (AvgIpc) is 3.42. The predicted octanol–water partition coefficient (Wildman–Crippen LogP) is 4.24. The van der Waals surface area contributed by atoms with Crippen LogP contribution in [0.2, 0.25) is 0 Å². The Hall–Kier alpha value is -2.08. The van der Waals surface area contributed by atoms with E-state index >= 15 is 0 Å². The quantitative estimate of drug-likeness (QED) is 0.685. The molecule has 0 aliphatic heterocycles. The van der Waals surface area contributed by atoms with Gasteiger partial charge in [0.25, 0.3) is 0 Å². The maximum absolute atomic E-state index is 11.1. The summed E-state index contributed by atoms with van der Waals surface area (Å²) in [4.78, 5) is 11.1. The molecule has 158 valence electrons. The fourth-order valence-electron chi connectivity index (χ4n) is 4.19. The Balaban J connectivity index is 1.27. The van der Waals surface area contributed by atoms with Crippen LogP contribution in [-0.2, 0) is 9.53 Å². The van der Waals surface area contributed by atoms with Crippen molar-refractivity contribution in [1.82, 2.24) is 15.1 Å². The van der Waals surface area contributed by atoms with Gasteiger partial charge in [-0.3, -0.25) is 9.48 Å². The van der Waals surface area contributed by atoms with E-state index in [0.717, 1.165) is 49.5 Å². The molecule has 1 aromatic heterocycles. The van der Waals surface area contributed by atoms with Crippen LogP contribution in [0.1, 0.15) is 64.8 Å². The van der Waals surface area contributed by atoms with E-state index in [4.69, 9.17) is 14.6 Å². The Morgan fingerprint density at radius 2 is 2.03 bits per heavy atom. The summed E-state index contributed by atoms with van der Waals surface area (Å²) in [6.07, 6.45) is 10.5. The van der Waals surface area contributed by atoms with Gasteiger partial charge >= 0.3 is 0 Å². The van der Waals surface area contributed by atoms with Gasteiger partial charge < -0.3 is 14.8 Å². The molecule has 0 unspecified atom stereocenters. The van der Waals surface area contributed by atoms with Crippen LogP contribution in [0.3, 0.4) is 0 Å². The molecule has 0 radical (unpaired) electrons. The molecule has 6 nitrogen and oxygen atoms in total. The van der Waals surface area contributed by atoms with Crippen molar-refractivity contribution in [2.45, 2.75) is 77.0 Å². The van der Waals surface area contributed by atoms with Crippen LogP contribution in [0.15, 0.2) is 24.4 Å². The van der Waals surface area contributed by atoms with Gasteiger partial charge in [0, 0.05) is 30.6 Å². The lowest BCUT2D eigenvalue weighted by molar-refractivity contribution is -0.120. The summed E-state index contributed by atoms with van der Waals surface area (Å²) < 4.78 is 14.0. The minimum atomic E-state index is -0.00738. The highest BCUT2D eigenvalue weighted by molar-refractivity contribution is 5.79. The lowest BCUT2D eigenvalue weighted by Crippen LogP contribution is -2.36. The van der Waals surface area contributed by atoms with Crippen molar-refractivity contribution in [1.29, 1.82) is 0 Å². The molecule has 6 heteroatoms. The molecule has 1 N–H and O–H groups in total. The Bertz CT molecular complexity index is 822. The van der Waals surface area contributed by atoms with Gasteiger partial charge in [-0.15, -0.1) is 0 Å². The van der Waals surface area contributed by atoms with E-state index in [1.165, 1.54) is 24.6 Å². The lowest BCUT2D eigenvalue weighted by Gasteiger charge is -2.29. The van der Waals surface area contributed by atoms with E-state index in [1.54, 1.807) is 6.92 Å². The predicted molar refractivity (Wildman–Crippen MR) is 113 cm³/mol. The Kier molecular flexibility index (Phi) is 6.38. The van der Waals surface area contributed by atoms with Crippen LogP contribution in [0.4, 0.5) is 0 Å². The van der Waals surface area contributed by atoms with Gasteiger partial charge in [0.15, 0.2) is 0 Å². The molecule has 2 aliphatic rings. The summed E-state index contributed by atoms with van der Waals surface area (Å²) in [6.45, 7) is 4.90. The SMILES string of the molecule is CC(=O)N[C@@H](C)CO[C@H]1CC[C@H](n2cc3ccc(OCCC4CC4)cc3n2)CC1. The van der Waals surface area contributed by atoms with Gasteiger partial charge in [0.05, 0.1) is 30.9 Å². The molecule has 1 amide bonds. The van der Waals surface area contributed by atoms with Crippen molar-refractivity contribution >= 4 is 16.8 Å². The zero-order valence-corrected chi connectivity index (χ0v) is 17.6. The molecule has 29 heavy (non-hydrogen) atoms. The minimum absolute atomic E-state index is 0.00738. The van der Waals surface area contributed by atoms with Crippen molar-refractivity contribution < 1.29 is 14.3 Å². The summed E-state index contributed by atoms with van der Waals surface area (Å²) in [5.41, 5.74) is 1.01. The smallest absolute Gasteiger partial charge is 0.217 e. The maximum atomic E-state index is 11.1. The van der Waals surface area contributed by atoms with Crippen LogP contribution in [0, 0.1) is 5.92 Å². The first-order chi connectivity index (χ1) is 14.1. The lowest BCUT2D eigenvalue weighted by atomic mass is 9.93. The first kappa shape index (κ1) is 20.2. The molecule has 0 spiro atoms. The molecule has 2 aliphatic carbocycles. The van der Waals surface area contributed by atoms with E-state index in [-0.39, 0.29) is 18.1 Å². The third-order valence-corrected chi connectivity index (χ3v) is 6.04. The number of nitrogens with zero attached hydrogens (tertiary/aromatic N) is 2. The Morgan fingerprint density at radius 3 is 2.76 bits per heavy atom. The fraction of sp³-hybridized carbons (Fsp3) is 0.652. The first-order valence-corrected chi connectivity index (χ1v) is 11.1. The number of aromatic nitrogens is 2. The maximum Gasteiger partial charge on any atom is 0.217 e. The topological polar surface area (TPSA) is 65.4 Å². The number of nitrogens with one attached hydrogen (secondary N) is 1. The van der Waals surface area contributed by atoms with Crippen molar-refractivity contribution in [2.24, 2.45) is 5.92 Å². The number of hydrogen-bond donors (Lipinski definition) is 1. The molecule has 2 saturated carbocycles. The van der Waals surface area contributed by atoms with E-state index < -0.39 is 0 Å². The fourth-order valence-corrected chi connectivity index (χ4v) is 4.19. The van der Waals surface area contributed by atoms with Gasteiger partial charge in [-0.2, -0.15) is 5.10 Å². The van der Waals surface area contributed by atoms with E-state index in [9.17, 15) is 4.79 Å². The molecular formula is C23H33N3O3. The van der Waals surface area contributed by atoms with Crippen molar-refractivity contribution in [3.05, 3.63) is 24.4 Å². The molecule has 2 aromatic rings. The highest BCUT2D eigenvalue weighted by atomic mass is 16.5. The van der Waals surface area contributed by atoms with E-state index in [1.807, 2.05) is 6.92 Å². The monoisotopic (exact) mass is 399 g/mol. The van der Waals surface area contributed by atoms with Crippen molar-refractivity contribution in [3.8, 4) is 5.75 Å². The van der Waals surface area contributed by atoms with Crippen LogP contribution in [0.25, 0.3) is 10.9 Å². The zero-order chi connectivity index (χ0) is 20.2. The number of rotatable bonds is 9. The zero-order valence-electron chi connectivity index (χ0n) is 17.6.